The first-order valence-corrected chi connectivity index (χ1v) is 9.38. The molecule has 9 heteroatoms. The van der Waals surface area contributed by atoms with E-state index in [1.165, 1.54) is 6.07 Å². The van der Waals surface area contributed by atoms with E-state index in [0.29, 0.717) is 27.7 Å². The Morgan fingerprint density at radius 2 is 1.97 bits per heavy atom. The molecule has 1 aromatic heterocycles. The fraction of sp³-hybridized carbons (Fsp3) is 0.143. The number of pyridine rings is 1. The van der Waals surface area contributed by atoms with Crippen molar-refractivity contribution in [2.24, 2.45) is 5.22 Å². The van der Waals surface area contributed by atoms with Crippen LogP contribution in [0.1, 0.15) is 16.7 Å². The smallest absolute Gasteiger partial charge is 0.431 e. The third-order valence-corrected chi connectivity index (χ3v) is 4.68. The van der Waals surface area contributed by atoms with Crippen LogP contribution >= 0.6 is 11.6 Å². The highest BCUT2D eigenvalue weighted by Crippen LogP contribution is 2.30. The third-order valence-electron chi connectivity index (χ3n) is 4.47. The van der Waals surface area contributed by atoms with Crippen molar-refractivity contribution in [1.29, 1.82) is 0 Å². The molecule has 7 nitrogen and oxygen atoms in total. The topological polar surface area (TPSA) is 101 Å². The second-order valence-electron chi connectivity index (χ2n) is 6.53. The van der Waals surface area contributed by atoms with Gasteiger partial charge in [-0.3, -0.25) is 5.32 Å². The highest BCUT2D eigenvalue weighted by Gasteiger charge is 2.15. The van der Waals surface area contributed by atoms with Crippen molar-refractivity contribution in [3.63, 3.8) is 0 Å². The van der Waals surface area contributed by atoms with Crippen LogP contribution in [-0.4, -0.2) is 11.0 Å². The van der Waals surface area contributed by atoms with Gasteiger partial charge < -0.3 is 4.74 Å². The number of amides is 2. The van der Waals surface area contributed by atoms with Crippen molar-refractivity contribution < 1.29 is 19.5 Å². The van der Waals surface area contributed by atoms with Crippen LogP contribution in [0.25, 0.3) is 11.3 Å². The number of nitrogens with one attached hydrogen (secondary N) is 2. The summed E-state index contributed by atoms with van der Waals surface area (Å²) in [5.74, 6) is -0.436. The molecule has 2 amide bonds. The fourth-order valence-corrected chi connectivity index (χ4v) is 3.13. The van der Waals surface area contributed by atoms with E-state index in [-0.39, 0.29) is 12.4 Å². The first-order chi connectivity index (χ1) is 14.4. The molecule has 154 valence electrons. The summed E-state index contributed by atoms with van der Waals surface area (Å²) >= 11 is 5.94. The maximum Gasteiger partial charge on any atom is 0.431 e. The Labute approximate surface area is 177 Å². The standard InChI is InChI=1S/C21H19ClFN5O2/c1-12-5-3-6-18(26-21(29)27-28-24)15(12)11-30-19-9-13(2)14(10-16(19)23)17-7-4-8-20(22)25-17/h3-10H,11H2,1-2H3,(H3,24,26,27,29)/p+1. The van der Waals surface area contributed by atoms with E-state index < -0.39 is 11.8 Å². The van der Waals surface area contributed by atoms with Crippen LogP contribution in [0, 0.1) is 19.7 Å². The molecule has 0 bridgehead atoms. The van der Waals surface area contributed by atoms with Gasteiger partial charge in [0, 0.05) is 11.1 Å². The lowest BCUT2D eigenvalue weighted by Crippen LogP contribution is -2.35. The number of urea groups is 1. The summed E-state index contributed by atoms with van der Waals surface area (Å²) in [7, 11) is 0. The van der Waals surface area contributed by atoms with E-state index in [0.717, 1.165) is 11.1 Å². The van der Waals surface area contributed by atoms with Gasteiger partial charge in [0.15, 0.2) is 11.6 Å². The highest BCUT2D eigenvalue weighted by molar-refractivity contribution is 6.29. The van der Waals surface area contributed by atoms with Crippen LogP contribution < -0.4 is 21.0 Å². The molecule has 0 spiro atoms. The van der Waals surface area contributed by atoms with Gasteiger partial charge in [-0.05, 0) is 55.3 Å². The molecule has 0 fully saturated rings. The Morgan fingerprint density at radius 1 is 1.20 bits per heavy atom. The lowest BCUT2D eigenvalue weighted by molar-refractivity contribution is -0.228. The molecule has 0 saturated carbocycles. The first kappa shape index (κ1) is 21.2. The minimum Gasteiger partial charge on any atom is -0.486 e. The lowest BCUT2D eigenvalue weighted by Gasteiger charge is -2.15. The number of anilines is 1. The van der Waals surface area contributed by atoms with Crippen molar-refractivity contribution in [2.75, 3.05) is 5.32 Å². The molecule has 0 aliphatic heterocycles. The molecule has 0 saturated heterocycles. The summed E-state index contributed by atoms with van der Waals surface area (Å²) in [5, 5.41) is 6.05. The SMILES string of the molecule is Cc1cc(OCc2c(C)cccc2NC(=O)NN=[NH2+])c(F)cc1-c1cccc(Cl)n1. The number of hydrogen-bond acceptors (Lipinski definition) is 4. The zero-order chi connectivity index (χ0) is 21.7. The van der Waals surface area contributed by atoms with Crippen molar-refractivity contribution in [3.8, 4) is 17.0 Å². The van der Waals surface area contributed by atoms with Crippen LogP contribution in [0.2, 0.25) is 5.15 Å². The number of ether oxygens (including phenoxy) is 1. The van der Waals surface area contributed by atoms with E-state index in [2.05, 4.69) is 20.9 Å². The molecular formula is C21H20ClFN5O2+. The quantitative estimate of drug-likeness (QED) is 0.314. The van der Waals surface area contributed by atoms with Gasteiger partial charge in [0.2, 0.25) is 0 Å². The number of aryl methyl sites for hydroxylation is 2. The molecule has 0 unspecified atom stereocenters. The van der Waals surface area contributed by atoms with Crippen LogP contribution in [0.4, 0.5) is 14.9 Å². The van der Waals surface area contributed by atoms with Crippen LogP contribution in [0.3, 0.4) is 0 Å². The Kier molecular flexibility index (Phi) is 6.58. The first-order valence-electron chi connectivity index (χ1n) is 9.00. The van der Waals surface area contributed by atoms with Gasteiger partial charge in [-0.2, -0.15) is 5.53 Å². The van der Waals surface area contributed by atoms with Gasteiger partial charge in [-0.1, -0.05) is 35.2 Å². The molecule has 0 aliphatic carbocycles. The normalized spacial score (nSPS) is 10.4. The van der Waals surface area contributed by atoms with E-state index in [1.807, 2.05) is 19.9 Å². The summed E-state index contributed by atoms with van der Waals surface area (Å²) in [6.07, 6.45) is 0. The number of hydrogen-bond donors (Lipinski definition) is 3. The maximum atomic E-state index is 14.7. The molecule has 30 heavy (non-hydrogen) atoms. The van der Waals surface area contributed by atoms with Crippen molar-refractivity contribution >= 4 is 23.3 Å². The molecule has 3 rings (SSSR count). The summed E-state index contributed by atoms with van der Waals surface area (Å²) < 4.78 is 20.5. The van der Waals surface area contributed by atoms with Gasteiger partial charge in [0.25, 0.3) is 0 Å². The molecular weight excluding hydrogens is 409 g/mol. The van der Waals surface area contributed by atoms with E-state index in [1.54, 1.807) is 36.4 Å². The number of carbonyl (C=O) groups excluding carboxylic acids is 1. The van der Waals surface area contributed by atoms with Crippen molar-refractivity contribution in [1.82, 2.24) is 10.4 Å². The van der Waals surface area contributed by atoms with E-state index in [4.69, 9.17) is 21.9 Å². The fourth-order valence-electron chi connectivity index (χ4n) is 2.97. The van der Waals surface area contributed by atoms with Gasteiger partial charge in [-0.25, -0.2) is 14.2 Å². The molecule has 4 N–H and O–H groups in total. The predicted octanol–water partition coefficient (Wildman–Crippen LogP) is 3.98. The third kappa shape index (κ3) is 4.90. The molecule has 3 aromatic rings. The Balaban J connectivity index is 1.84. The number of carbonyl (C=O) groups is 1. The molecule has 1 heterocycles. The lowest BCUT2D eigenvalue weighted by atomic mass is 10.0. The second kappa shape index (κ2) is 9.32. The number of rotatable bonds is 6. The zero-order valence-electron chi connectivity index (χ0n) is 16.4. The molecule has 0 atom stereocenters. The molecule has 2 aromatic carbocycles. The summed E-state index contributed by atoms with van der Waals surface area (Å²) in [6, 6.07) is 12.9. The summed E-state index contributed by atoms with van der Waals surface area (Å²) in [6.45, 7) is 3.75. The van der Waals surface area contributed by atoms with Gasteiger partial charge >= 0.3 is 6.03 Å². The minimum atomic E-state index is -0.593. The second-order valence-corrected chi connectivity index (χ2v) is 6.92. The van der Waals surface area contributed by atoms with Crippen molar-refractivity contribution in [3.05, 3.63) is 76.2 Å². The number of aromatic nitrogens is 1. The number of nitrogens with zero attached hydrogens (tertiary/aromatic N) is 2. The van der Waals surface area contributed by atoms with Gasteiger partial charge in [0.05, 0.1) is 16.6 Å². The average Bonchev–Trinajstić information content (AvgIpc) is 2.70. The highest BCUT2D eigenvalue weighted by atomic mass is 35.5. The van der Waals surface area contributed by atoms with E-state index in [9.17, 15) is 9.18 Å². The summed E-state index contributed by atoms with van der Waals surface area (Å²) in [5.41, 5.74) is 11.1. The average molecular weight is 429 g/mol. The largest absolute Gasteiger partial charge is 0.486 e. The maximum absolute atomic E-state index is 14.7. The summed E-state index contributed by atoms with van der Waals surface area (Å²) in [4.78, 5) is 16.0. The minimum absolute atomic E-state index is 0.0488. The van der Waals surface area contributed by atoms with Crippen molar-refractivity contribution in [2.45, 2.75) is 20.5 Å². The van der Waals surface area contributed by atoms with E-state index >= 15 is 0 Å². The van der Waals surface area contributed by atoms with Crippen LogP contribution in [-0.2, 0) is 6.61 Å². The van der Waals surface area contributed by atoms with Gasteiger partial charge in [0.1, 0.15) is 11.8 Å². The number of nitrogens with two attached hydrogens (primary N) is 1. The number of benzene rings is 2. The van der Waals surface area contributed by atoms with Crippen LogP contribution in [0.15, 0.2) is 53.8 Å². The van der Waals surface area contributed by atoms with Crippen LogP contribution in [0.5, 0.6) is 5.75 Å². The zero-order valence-corrected chi connectivity index (χ0v) is 17.1. The number of halogens is 2. The Bertz CT molecular complexity index is 1110. The Morgan fingerprint density at radius 3 is 2.70 bits per heavy atom. The predicted molar refractivity (Wildman–Crippen MR) is 111 cm³/mol. The molecule has 0 radical (unpaired) electrons. The Hall–Kier alpha value is -3.52. The van der Waals surface area contributed by atoms with Gasteiger partial charge in [-0.15, -0.1) is 0 Å². The molecule has 0 aliphatic rings. The monoisotopic (exact) mass is 428 g/mol.